The van der Waals surface area contributed by atoms with E-state index in [2.05, 4.69) is 5.32 Å². The molecule has 0 aromatic heterocycles. The van der Waals surface area contributed by atoms with E-state index in [4.69, 9.17) is 4.74 Å². The Labute approximate surface area is 144 Å². The number of benzene rings is 1. The van der Waals surface area contributed by atoms with Crippen LogP contribution in [0.15, 0.2) is 24.3 Å². The number of ether oxygens (including phenoxy) is 1. The van der Waals surface area contributed by atoms with Gasteiger partial charge in [0.05, 0.1) is 17.4 Å². The Bertz CT molecular complexity index is 682. The summed E-state index contributed by atoms with van der Waals surface area (Å²) in [4.78, 5) is 47.6. The van der Waals surface area contributed by atoms with Crippen molar-refractivity contribution in [2.45, 2.75) is 19.8 Å². The lowest BCUT2D eigenvalue weighted by molar-refractivity contribution is -0.383. The van der Waals surface area contributed by atoms with Crippen molar-refractivity contribution in [3.05, 3.63) is 34.4 Å². The summed E-state index contributed by atoms with van der Waals surface area (Å²) in [6, 6.07) is 5.59. The molecule has 0 spiro atoms. The Balaban J connectivity index is 1.95. The van der Waals surface area contributed by atoms with E-state index in [1.807, 2.05) is 0 Å². The number of nitro groups is 1. The van der Waals surface area contributed by atoms with Crippen LogP contribution in [0.25, 0.3) is 0 Å². The molecule has 0 bridgehead atoms. The highest BCUT2D eigenvalue weighted by atomic mass is 16.6. The molecule has 9 nitrogen and oxygen atoms in total. The number of para-hydroxylation sites is 2. The normalized spacial score (nSPS) is 14.7. The van der Waals surface area contributed by atoms with Gasteiger partial charge in [-0.25, -0.2) is 0 Å². The fourth-order valence-corrected chi connectivity index (χ4v) is 2.64. The Morgan fingerprint density at radius 1 is 1.28 bits per heavy atom. The summed E-state index contributed by atoms with van der Waals surface area (Å²) in [5.74, 6) is -2.29. The summed E-state index contributed by atoms with van der Waals surface area (Å²) in [5, 5.41) is 13.2. The second kappa shape index (κ2) is 8.22. The number of hydrogen-bond acceptors (Lipinski definition) is 6. The van der Waals surface area contributed by atoms with E-state index in [1.54, 1.807) is 6.92 Å². The second-order valence-electron chi connectivity index (χ2n) is 5.55. The minimum Gasteiger partial charge on any atom is -0.466 e. The Morgan fingerprint density at radius 2 is 1.92 bits per heavy atom. The number of nitrogens with one attached hydrogen (secondary N) is 1. The van der Waals surface area contributed by atoms with Crippen molar-refractivity contribution in [1.29, 1.82) is 0 Å². The lowest BCUT2D eigenvalue weighted by Gasteiger charge is -2.30. The highest BCUT2D eigenvalue weighted by Crippen LogP contribution is 2.24. The van der Waals surface area contributed by atoms with Crippen molar-refractivity contribution in [2.75, 3.05) is 25.0 Å². The number of amides is 2. The third kappa shape index (κ3) is 4.52. The third-order valence-corrected chi connectivity index (χ3v) is 3.95. The molecule has 1 aromatic rings. The molecule has 1 aliphatic heterocycles. The first kappa shape index (κ1) is 18.4. The predicted octanol–water partition coefficient (Wildman–Crippen LogP) is 1.33. The van der Waals surface area contributed by atoms with E-state index in [-0.39, 0.29) is 36.4 Å². The van der Waals surface area contributed by atoms with Gasteiger partial charge >= 0.3 is 17.8 Å². The number of nitro benzene ring substituents is 1. The van der Waals surface area contributed by atoms with Gasteiger partial charge in [-0.2, -0.15) is 0 Å². The first-order valence-electron chi connectivity index (χ1n) is 7.94. The Kier molecular flexibility index (Phi) is 6.04. The molecule has 2 amide bonds. The average Bonchev–Trinajstić information content (AvgIpc) is 2.61. The van der Waals surface area contributed by atoms with Crippen LogP contribution in [-0.2, 0) is 19.1 Å². The molecular weight excluding hydrogens is 330 g/mol. The fourth-order valence-electron chi connectivity index (χ4n) is 2.64. The van der Waals surface area contributed by atoms with Crippen LogP contribution in [0.1, 0.15) is 19.8 Å². The molecule has 1 fully saturated rings. The molecule has 134 valence electrons. The van der Waals surface area contributed by atoms with Crippen LogP contribution in [-0.4, -0.2) is 47.3 Å². The average molecular weight is 349 g/mol. The highest BCUT2D eigenvalue weighted by Gasteiger charge is 2.31. The molecule has 1 N–H and O–H groups in total. The molecule has 1 heterocycles. The topological polar surface area (TPSA) is 119 Å². The highest BCUT2D eigenvalue weighted by molar-refractivity contribution is 6.39. The number of rotatable bonds is 4. The number of nitrogens with zero attached hydrogens (tertiary/aromatic N) is 2. The van der Waals surface area contributed by atoms with Crippen LogP contribution < -0.4 is 5.32 Å². The van der Waals surface area contributed by atoms with Crippen molar-refractivity contribution >= 4 is 29.2 Å². The van der Waals surface area contributed by atoms with E-state index in [0.717, 1.165) is 0 Å². The third-order valence-electron chi connectivity index (χ3n) is 3.95. The Morgan fingerprint density at radius 3 is 2.52 bits per heavy atom. The van der Waals surface area contributed by atoms with Crippen molar-refractivity contribution < 1.29 is 24.0 Å². The molecule has 1 saturated heterocycles. The summed E-state index contributed by atoms with van der Waals surface area (Å²) in [6.45, 7) is 2.54. The Hall–Kier alpha value is -2.97. The van der Waals surface area contributed by atoms with E-state index >= 15 is 0 Å². The second-order valence-corrected chi connectivity index (χ2v) is 5.55. The molecule has 1 aliphatic rings. The minimum absolute atomic E-state index is 0.0349. The number of carbonyl (C=O) groups is 3. The van der Waals surface area contributed by atoms with Gasteiger partial charge < -0.3 is 15.0 Å². The molecule has 0 saturated carbocycles. The minimum atomic E-state index is -0.941. The lowest BCUT2D eigenvalue weighted by Crippen LogP contribution is -2.45. The van der Waals surface area contributed by atoms with Gasteiger partial charge in [0, 0.05) is 19.2 Å². The summed E-state index contributed by atoms with van der Waals surface area (Å²) in [7, 11) is 0. The summed E-state index contributed by atoms with van der Waals surface area (Å²) in [6.07, 6.45) is 0.840. The zero-order chi connectivity index (χ0) is 18.4. The number of hydrogen-bond donors (Lipinski definition) is 1. The number of piperidine rings is 1. The predicted molar refractivity (Wildman–Crippen MR) is 87.7 cm³/mol. The number of likely N-dealkylation sites (tertiary alicyclic amines) is 1. The van der Waals surface area contributed by atoms with Gasteiger partial charge in [0.1, 0.15) is 5.69 Å². The molecule has 9 heteroatoms. The van der Waals surface area contributed by atoms with Gasteiger partial charge in [0.2, 0.25) is 0 Å². The van der Waals surface area contributed by atoms with Gasteiger partial charge in [-0.3, -0.25) is 24.5 Å². The maximum absolute atomic E-state index is 12.2. The summed E-state index contributed by atoms with van der Waals surface area (Å²) >= 11 is 0. The van der Waals surface area contributed by atoms with E-state index in [9.17, 15) is 24.5 Å². The largest absolute Gasteiger partial charge is 0.466 e. The molecule has 2 rings (SSSR count). The number of carbonyl (C=O) groups excluding carboxylic acids is 3. The van der Waals surface area contributed by atoms with E-state index < -0.39 is 16.7 Å². The van der Waals surface area contributed by atoms with E-state index in [1.165, 1.54) is 29.2 Å². The molecule has 0 unspecified atom stereocenters. The van der Waals surface area contributed by atoms with Crippen LogP contribution >= 0.6 is 0 Å². The van der Waals surface area contributed by atoms with Gasteiger partial charge in [0.25, 0.3) is 5.69 Å². The number of esters is 1. The van der Waals surface area contributed by atoms with Crippen molar-refractivity contribution in [1.82, 2.24) is 4.90 Å². The molecular formula is C16H19N3O6. The van der Waals surface area contributed by atoms with Crippen molar-refractivity contribution in [2.24, 2.45) is 5.92 Å². The first-order chi connectivity index (χ1) is 11.9. The zero-order valence-corrected chi connectivity index (χ0v) is 13.8. The van der Waals surface area contributed by atoms with Gasteiger partial charge in [-0.15, -0.1) is 0 Å². The van der Waals surface area contributed by atoms with Crippen molar-refractivity contribution in [3.63, 3.8) is 0 Å². The van der Waals surface area contributed by atoms with Gasteiger partial charge in [0.15, 0.2) is 0 Å². The van der Waals surface area contributed by atoms with Crippen LogP contribution in [0.2, 0.25) is 0 Å². The maximum atomic E-state index is 12.2. The molecule has 1 aromatic carbocycles. The quantitative estimate of drug-likeness (QED) is 0.379. The fraction of sp³-hybridized carbons (Fsp3) is 0.438. The standard InChI is InChI=1S/C16H19N3O6/c1-2-25-16(22)11-7-9-18(10-8-11)15(21)14(20)17-12-5-3-4-6-13(12)19(23)24/h3-6,11H,2,7-10H2,1H3,(H,17,20). The summed E-state index contributed by atoms with van der Waals surface area (Å²) in [5.41, 5.74) is -0.322. The van der Waals surface area contributed by atoms with Gasteiger partial charge in [-0.1, -0.05) is 12.1 Å². The van der Waals surface area contributed by atoms with Gasteiger partial charge in [-0.05, 0) is 25.8 Å². The first-order valence-corrected chi connectivity index (χ1v) is 7.94. The van der Waals surface area contributed by atoms with E-state index in [0.29, 0.717) is 19.4 Å². The lowest BCUT2D eigenvalue weighted by atomic mass is 9.97. The maximum Gasteiger partial charge on any atom is 0.314 e. The van der Waals surface area contributed by atoms with Crippen LogP contribution in [0.4, 0.5) is 11.4 Å². The van der Waals surface area contributed by atoms with Crippen molar-refractivity contribution in [3.8, 4) is 0 Å². The molecule has 0 radical (unpaired) electrons. The van der Waals surface area contributed by atoms with Crippen LogP contribution in [0.3, 0.4) is 0 Å². The smallest absolute Gasteiger partial charge is 0.314 e. The number of anilines is 1. The van der Waals surface area contributed by atoms with Crippen LogP contribution in [0, 0.1) is 16.0 Å². The summed E-state index contributed by atoms with van der Waals surface area (Å²) < 4.78 is 4.95. The molecule has 25 heavy (non-hydrogen) atoms. The monoisotopic (exact) mass is 349 g/mol. The SMILES string of the molecule is CCOC(=O)C1CCN(C(=O)C(=O)Nc2ccccc2[N+](=O)[O-])CC1. The molecule has 0 atom stereocenters. The van der Waals surface area contributed by atoms with Crippen LogP contribution in [0.5, 0.6) is 0 Å². The molecule has 0 aliphatic carbocycles. The zero-order valence-electron chi connectivity index (χ0n) is 13.8.